The molecule has 1 N–H and O–H groups in total. The lowest BCUT2D eigenvalue weighted by molar-refractivity contribution is 0.138. The van der Waals surface area contributed by atoms with Gasteiger partial charge in [0.15, 0.2) is 0 Å². The van der Waals surface area contributed by atoms with Gasteiger partial charge in [0.1, 0.15) is 6.10 Å². The van der Waals surface area contributed by atoms with Crippen LogP contribution in [0.1, 0.15) is 23.1 Å². The maximum Gasteiger partial charge on any atom is 0.213 e. The lowest BCUT2D eigenvalue weighted by Gasteiger charge is -2.14. The summed E-state index contributed by atoms with van der Waals surface area (Å²) in [5, 5.41) is 3.66. The second-order valence-corrected chi connectivity index (χ2v) is 6.36. The van der Waals surface area contributed by atoms with Crippen molar-refractivity contribution in [3.05, 3.63) is 59.3 Å². The van der Waals surface area contributed by atoms with Crippen LogP contribution in [0.15, 0.2) is 42.6 Å². The van der Waals surface area contributed by atoms with Crippen LogP contribution in [0.3, 0.4) is 0 Å². The summed E-state index contributed by atoms with van der Waals surface area (Å²) in [4.78, 5) is 4.31. The minimum Gasteiger partial charge on any atom is -0.472 e. The molecule has 1 aliphatic carbocycles. The number of fused-ring (bicyclic) bond motifs is 1. The van der Waals surface area contributed by atoms with Gasteiger partial charge in [-0.2, -0.15) is 0 Å². The summed E-state index contributed by atoms with van der Waals surface area (Å²) in [6.45, 7) is 2.30. The fourth-order valence-electron chi connectivity index (χ4n) is 3.37. The van der Waals surface area contributed by atoms with Gasteiger partial charge in [-0.25, -0.2) is 4.98 Å². The Labute approximate surface area is 136 Å². The average molecular weight is 310 g/mol. The molecule has 0 radical (unpaired) electrons. The van der Waals surface area contributed by atoms with E-state index in [2.05, 4.69) is 34.6 Å². The summed E-state index contributed by atoms with van der Waals surface area (Å²) in [5.74, 6) is 0.703. The van der Waals surface area contributed by atoms with Gasteiger partial charge in [-0.3, -0.25) is 0 Å². The lowest BCUT2D eigenvalue weighted by atomic mass is 10.1. The molecule has 0 saturated carbocycles. The third-order valence-electron chi connectivity index (χ3n) is 4.62. The number of nitrogens with one attached hydrogen (secondary N) is 1. The first kappa shape index (κ1) is 14.7. The Morgan fingerprint density at radius 3 is 2.74 bits per heavy atom. The summed E-state index contributed by atoms with van der Waals surface area (Å²) in [5.41, 5.74) is 4.17. The van der Waals surface area contributed by atoms with Crippen molar-refractivity contribution < 1.29 is 9.47 Å². The van der Waals surface area contributed by atoms with E-state index in [9.17, 15) is 0 Å². The van der Waals surface area contributed by atoms with Crippen LogP contribution < -0.4 is 10.1 Å². The van der Waals surface area contributed by atoms with E-state index in [1.807, 2.05) is 18.3 Å². The maximum absolute atomic E-state index is 5.87. The Morgan fingerprint density at radius 1 is 1.17 bits per heavy atom. The van der Waals surface area contributed by atoms with Gasteiger partial charge >= 0.3 is 0 Å². The van der Waals surface area contributed by atoms with E-state index in [0.717, 1.165) is 32.4 Å². The van der Waals surface area contributed by atoms with Gasteiger partial charge in [0.25, 0.3) is 0 Å². The molecule has 1 fully saturated rings. The van der Waals surface area contributed by atoms with Gasteiger partial charge in [0, 0.05) is 31.3 Å². The van der Waals surface area contributed by atoms with Crippen LogP contribution in [0.4, 0.5) is 0 Å². The fourth-order valence-corrected chi connectivity index (χ4v) is 3.37. The highest BCUT2D eigenvalue weighted by atomic mass is 16.5. The molecule has 1 unspecified atom stereocenters. The first-order valence-corrected chi connectivity index (χ1v) is 8.36. The van der Waals surface area contributed by atoms with Crippen molar-refractivity contribution >= 4 is 0 Å². The molecule has 120 valence electrons. The zero-order valence-electron chi connectivity index (χ0n) is 13.2. The van der Waals surface area contributed by atoms with Gasteiger partial charge in [-0.1, -0.05) is 24.3 Å². The summed E-state index contributed by atoms with van der Waals surface area (Å²) in [7, 11) is 0. The molecule has 4 nitrogen and oxygen atoms in total. The number of nitrogens with zero attached hydrogens (tertiary/aromatic N) is 1. The number of pyridine rings is 1. The van der Waals surface area contributed by atoms with Crippen molar-refractivity contribution in [1.29, 1.82) is 0 Å². The molecule has 1 aromatic heterocycles. The molecule has 0 spiro atoms. The first-order chi connectivity index (χ1) is 11.4. The summed E-state index contributed by atoms with van der Waals surface area (Å²) >= 11 is 0. The van der Waals surface area contributed by atoms with Crippen LogP contribution in [0, 0.1) is 0 Å². The van der Waals surface area contributed by atoms with E-state index in [-0.39, 0.29) is 6.10 Å². The largest absolute Gasteiger partial charge is 0.472 e. The van der Waals surface area contributed by atoms with Crippen LogP contribution in [-0.4, -0.2) is 30.3 Å². The second kappa shape index (κ2) is 6.69. The van der Waals surface area contributed by atoms with E-state index in [4.69, 9.17) is 9.47 Å². The topological polar surface area (TPSA) is 43.4 Å². The summed E-state index contributed by atoms with van der Waals surface area (Å²) in [6, 6.07) is 13.3. The number of ether oxygens (including phenoxy) is 2. The van der Waals surface area contributed by atoms with Crippen molar-refractivity contribution in [2.45, 2.75) is 38.0 Å². The Bertz CT molecular complexity index is 643. The van der Waals surface area contributed by atoms with E-state index < -0.39 is 0 Å². The zero-order chi connectivity index (χ0) is 15.5. The van der Waals surface area contributed by atoms with Crippen molar-refractivity contribution in [3.8, 4) is 5.88 Å². The Kier molecular flexibility index (Phi) is 4.26. The molecular weight excluding hydrogens is 288 g/mol. The molecule has 1 aromatic carbocycles. The standard InChI is InChI=1S/C19H22N2O2/c1-2-4-16-11-17(10-15(16)3-1)21-12-14-5-7-20-19(9-14)23-18-6-8-22-13-18/h1-5,7,9,17-18,21H,6,8,10-13H2. The summed E-state index contributed by atoms with van der Waals surface area (Å²) < 4.78 is 11.2. The minimum absolute atomic E-state index is 0.148. The van der Waals surface area contributed by atoms with Gasteiger partial charge in [-0.05, 0) is 35.6 Å². The Hall–Kier alpha value is -1.91. The molecule has 2 aliphatic rings. The summed E-state index contributed by atoms with van der Waals surface area (Å²) in [6.07, 6.45) is 5.15. The number of hydrogen-bond donors (Lipinski definition) is 1. The quantitative estimate of drug-likeness (QED) is 0.921. The Balaban J connectivity index is 1.33. The SMILES string of the molecule is c1ccc2c(c1)CC(NCc1ccnc(OC3CCOC3)c1)C2. The highest BCUT2D eigenvalue weighted by Gasteiger charge is 2.20. The smallest absolute Gasteiger partial charge is 0.213 e. The molecule has 1 aliphatic heterocycles. The molecule has 2 heterocycles. The van der Waals surface area contributed by atoms with Crippen LogP contribution in [-0.2, 0) is 24.1 Å². The van der Waals surface area contributed by atoms with Crippen molar-refractivity contribution in [2.75, 3.05) is 13.2 Å². The van der Waals surface area contributed by atoms with Gasteiger partial charge in [0.05, 0.1) is 13.2 Å². The molecule has 2 aromatic rings. The molecule has 23 heavy (non-hydrogen) atoms. The number of benzene rings is 1. The molecule has 4 rings (SSSR count). The van der Waals surface area contributed by atoms with Gasteiger partial charge in [-0.15, -0.1) is 0 Å². The third kappa shape index (κ3) is 3.54. The lowest BCUT2D eigenvalue weighted by Crippen LogP contribution is -2.29. The Morgan fingerprint density at radius 2 is 2.00 bits per heavy atom. The highest BCUT2D eigenvalue weighted by molar-refractivity contribution is 5.33. The second-order valence-electron chi connectivity index (χ2n) is 6.36. The molecule has 1 atom stereocenters. The van der Waals surface area contributed by atoms with Crippen LogP contribution in [0.5, 0.6) is 5.88 Å². The third-order valence-corrected chi connectivity index (χ3v) is 4.62. The average Bonchev–Trinajstić information content (AvgIpc) is 3.22. The van der Waals surface area contributed by atoms with Gasteiger partial charge in [0.2, 0.25) is 5.88 Å². The molecular formula is C19H22N2O2. The minimum atomic E-state index is 0.148. The van der Waals surface area contributed by atoms with Gasteiger partial charge < -0.3 is 14.8 Å². The first-order valence-electron chi connectivity index (χ1n) is 8.36. The molecule has 4 heteroatoms. The highest BCUT2D eigenvalue weighted by Crippen LogP contribution is 2.22. The van der Waals surface area contributed by atoms with Crippen molar-refractivity contribution in [1.82, 2.24) is 10.3 Å². The molecule has 0 amide bonds. The maximum atomic E-state index is 5.87. The van der Waals surface area contributed by atoms with Crippen LogP contribution in [0.2, 0.25) is 0 Å². The normalized spacial score (nSPS) is 20.6. The predicted octanol–water partition coefficient (Wildman–Crippen LogP) is 2.51. The number of rotatable bonds is 5. The van der Waals surface area contributed by atoms with Crippen molar-refractivity contribution in [2.24, 2.45) is 0 Å². The monoisotopic (exact) mass is 310 g/mol. The van der Waals surface area contributed by atoms with Crippen molar-refractivity contribution in [3.63, 3.8) is 0 Å². The van der Waals surface area contributed by atoms with E-state index >= 15 is 0 Å². The van der Waals surface area contributed by atoms with Crippen LogP contribution in [0.25, 0.3) is 0 Å². The van der Waals surface area contributed by atoms with E-state index in [0.29, 0.717) is 18.5 Å². The van der Waals surface area contributed by atoms with E-state index in [1.165, 1.54) is 16.7 Å². The zero-order valence-corrected chi connectivity index (χ0v) is 13.2. The van der Waals surface area contributed by atoms with E-state index in [1.54, 1.807) is 0 Å². The fraction of sp³-hybridized carbons (Fsp3) is 0.421. The number of hydrogen-bond acceptors (Lipinski definition) is 4. The molecule has 1 saturated heterocycles. The van der Waals surface area contributed by atoms with Crippen LogP contribution >= 0.6 is 0 Å². The predicted molar refractivity (Wildman–Crippen MR) is 88.6 cm³/mol. The molecule has 0 bridgehead atoms. The number of aromatic nitrogens is 1.